The van der Waals surface area contributed by atoms with Gasteiger partial charge in [0.1, 0.15) is 17.5 Å². The Labute approximate surface area is 206 Å². The lowest BCUT2D eigenvalue weighted by molar-refractivity contribution is -0.143. The number of hydrogen-bond acceptors (Lipinski definition) is 5. The third-order valence-corrected chi connectivity index (χ3v) is 5.44. The summed E-state index contributed by atoms with van der Waals surface area (Å²) >= 11 is 0. The van der Waals surface area contributed by atoms with Gasteiger partial charge in [-0.2, -0.15) is 0 Å². The molecule has 7 heteroatoms. The van der Waals surface area contributed by atoms with Crippen molar-refractivity contribution < 1.29 is 23.8 Å². The van der Waals surface area contributed by atoms with Crippen LogP contribution in [0.2, 0.25) is 0 Å². The summed E-state index contributed by atoms with van der Waals surface area (Å²) in [5, 5.41) is 2.96. The number of nitrogens with zero attached hydrogens (tertiary/aromatic N) is 1. The Hall–Kier alpha value is -3.84. The molecule has 3 aromatic carbocycles. The smallest absolute Gasteiger partial charge is 0.261 e. The Morgan fingerprint density at radius 3 is 2.14 bits per heavy atom. The summed E-state index contributed by atoms with van der Waals surface area (Å²) < 4.78 is 16.1. The van der Waals surface area contributed by atoms with Crippen molar-refractivity contribution in [1.29, 1.82) is 0 Å². The maximum Gasteiger partial charge on any atom is 0.261 e. The van der Waals surface area contributed by atoms with E-state index in [2.05, 4.69) is 5.32 Å². The molecule has 0 aliphatic carbocycles. The van der Waals surface area contributed by atoms with Crippen LogP contribution >= 0.6 is 0 Å². The van der Waals surface area contributed by atoms with Gasteiger partial charge >= 0.3 is 0 Å². The lowest BCUT2D eigenvalue weighted by Crippen LogP contribution is -2.45. The van der Waals surface area contributed by atoms with Crippen LogP contribution in [-0.4, -0.2) is 50.7 Å². The van der Waals surface area contributed by atoms with Gasteiger partial charge in [-0.3, -0.25) is 9.59 Å². The SMILES string of the molecule is COCCCNC(=O)[C@@H](c1ccccc1)N(Cc1ccc(OC)cc1)C(=O)COc1ccccc1. The zero-order valence-electron chi connectivity index (χ0n) is 20.2. The highest BCUT2D eigenvalue weighted by atomic mass is 16.5. The van der Waals surface area contributed by atoms with Gasteiger partial charge in [0.25, 0.3) is 5.91 Å². The highest BCUT2D eigenvalue weighted by molar-refractivity contribution is 5.89. The summed E-state index contributed by atoms with van der Waals surface area (Å²) in [5.74, 6) is 0.750. The molecule has 0 saturated carbocycles. The second-order valence-corrected chi connectivity index (χ2v) is 7.92. The fourth-order valence-electron chi connectivity index (χ4n) is 3.63. The van der Waals surface area contributed by atoms with Crippen LogP contribution in [0.3, 0.4) is 0 Å². The first-order valence-corrected chi connectivity index (χ1v) is 11.5. The number of nitrogens with one attached hydrogen (secondary N) is 1. The highest BCUT2D eigenvalue weighted by Gasteiger charge is 2.31. The van der Waals surface area contributed by atoms with Gasteiger partial charge in [0.15, 0.2) is 6.61 Å². The quantitative estimate of drug-likeness (QED) is 0.378. The molecule has 35 heavy (non-hydrogen) atoms. The number of methoxy groups -OCH3 is 2. The first-order valence-electron chi connectivity index (χ1n) is 11.5. The van der Waals surface area contributed by atoms with E-state index in [1.807, 2.05) is 72.8 Å². The average Bonchev–Trinajstić information content (AvgIpc) is 2.91. The summed E-state index contributed by atoms with van der Waals surface area (Å²) in [4.78, 5) is 28.5. The van der Waals surface area contributed by atoms with Gasteiger partial charge in [0, 0.05) is 26.8 Å². The van der Waals surface area contributed by atoms with E-state index < -0.39 is 6.04 Å². The van der Waals surface area contributed by atoms with Crippen LogP contribution in [0.25, 0.3) is 0 Å². The number of carbonyl (C=O) groups excluding carboxylic acids is 2. The molecule has 0 unspecified atom stereocenters. The lowest BCUT2D eigenvalue weighted by atomic mass is 10.0. The third kappa shape index (κ3) is 7.86. The molecule has 0 radical (unpaired) electrons. The highest BCUT2D eigenvalue weighted by Crippen LogP contribution is 2.25. The molecule has 0 aliphatic heterocycles. The molecular formula is C28H32N2O5. The van der Waals surface area contributed by atoms with Gasteiger partial charge < -0.3 is 24.4 Å². The zero-order chi connectivity index (χ0) is 24.9. The molecule has 2 amide bonds. The van der Waals surface area contributed by atoms with E-state index in [1.54, 1.807) is 31.3 Å². The fraction of sp³-hybridized carbons (Fsp3) is 0.286. The third-order valence-electron chi connectivity index (χ3n) is 5.44. The van der Waals surface area contributed by atoms with E-state index in [-0.39, 0.29) is 25.0 Å². The van der Waals surface area contributed by atoms with Crippen molar-refractivity contribution in [3.63, 3.8) is 0 Å². The average molecular weight is 477 g/mol. The maximum atomic E-state index is 13.5. The number of ether oxygens (including phenoxy) is 3. The fourth-order valence-corrected chi connectivity index (χ4v) is 3.63. The Morgan fingerprint density at radius 1 is 0.857 bits per heavy atom. The standard InChI is InChI=1S/C28H32N2O5/c1-33-19-9-18-29-28(32)27(23-10-5-3-6-11-23)30(20-22-14-16-24(34-2)17-15-22)26(31)21-35-25-12-7-4-8-13-25/h3-8,10-17,27H,9,18-21H2,1-2H3,(H,29,32)/t27-/m1/s1. The lowest BCUT2D eigenvalue weighted by Gasteiger charge is -2.31. The summed E-state index contributed by atoms with van der Waals surface area (Å²) in [5.41, 5.74) is 1.59. The second kappa shape index (κ2) is 13.8. The predicted octanol–water partition coefficient (Wildman–Crippen LogP) is 4.00. The minimum absolute atomic E-state index is 0.194. The van der Waals surface area contributed by atoms with Gasteiger partial charge in [0.2, 0.25) is 5.91 Å². The van der Waals surface area contributed by atoms with Crippen LogP contribution in [0.5, 0.6) is 11.5 Å². The molecule has 1 N–H and O–H groups in total. The molecule has 3 rings (SSSR count). The molecule has 0 aromatic heterocycles. The molecule has 0 aliphatic rings. The Morgan fingerprint density at radius 2 is 1.51 bits per heavy atom. The first-order chi connectivity index (χ1) is 17.1. The van der Waals surface area contributed by atoms with Crippen molar-refractivity contribution in [3.8, 4) is 11.5 Å². The number of para-hydroxylation sites is 1. The number of rotatable bonds is 13. The molecule has 0 bridgehead atoms. The number of hydrogen-bond donors (Lipinski definition) is 1. The van der Waals surface area contributed by atoms with E-state index in [9.17, 15) is 9.59 Å². The molecule has 3 aromatic rings. The maximum absolute atomic E-state index is 13.5. The monoisotopic (exact) mass is 476 g/mol. The molecule has 7 nitrogen and oxygen atoms in total. The van der Waals surface area contributed by atoms with Crippen molar-refractivity contribution in [1.82, 2.24) is 10.2 Å². The van der Waals surface area contributed by atoms with E-state index >= 15 is 0 Å². The molecule has 0 spiro atoms. The summed E-state index contributed by atoms with van der Waals surface area (Å²) in [6.45, 7) is 1.02. The van der Waals surface area contributed by atoms with Crippen molar-refractivity contribution in [2.24, 2.45) is 0 Å². The largest absolute Gasteiger partial charge is 0.497 e. The van der Waals surface area contributed by atoms with Gasteiger partial charge in [-0.25, -0.2) is 0 Å². The van der Waals surface area contributed by atoms with E-state index in [4.69, 9.17) is 14.2 Å². The van der Waals surface area contributed by atoms with Crippen molar-refractivity contribution in [3.05, 3.63) is 96.1 Å². The van der Waals surface area contributed by atoms with Crippen LogP contribution in [0.4, 0.5) is 0 Å². The second-order valence-electron chi connectivity index (χ2n) is 7.92. The van der Waals surface area contributed by atoms with Crippen LogP contribution in [-0.2, 0) is 20.9 Å². The van der Waals surface area contributed by atoms with Gasteiger partial charge in [-0.15, -0.1) is 0 Å². The predicted molar refractivity (Wildman–Crippen MR) is 134 cm³/mol. The number of benzene rings is 3. The topological polar surface area (TPSA) is 77.1 Å². The Bertz CT molecular complexity index is 1040. The minimum Gasteiger partial charge on any atom is -0.497 e. The van der Waals surface area contributed by atoms with Crippen LogP contribution in [0.1, 0.15) is 23.6 Å². The normalized spacial score (nSPS) is 11.4. The van der Waals surface area contributed by atoms with Crippen molar-refractivity contribution >= 4 is 11.8 Å². The molecule has 0 heterocycles. The number of amides is 2. The van der Waals surface area contributed by atoms with E-state index in [0.29, 0.717) is 25.3 Å². The Kier molecular flexibility index (Phi) is 10.1. The van der Waals surface area contributed by atoms with E-state index in [1.165, 1.54) is 0 Å². The molecule has 0 saturated heterocycles. The Balaban J connectivity index is 1.88. The number of carbonyl (C=O) groups is 2. The van der Waals surface area contributed by atoms with Crippen molar-refractivity contribution in [2.75, 3.05) is 34.0 Å². The first kappa shape index (κ1) is 25.8. The van der Waals surface area contributed by atoms with Crippen LogP contribution in [0.15, 0.2) is 84.9 Å². The van der Waals surface area contributed by atoms with E-state index in [0.717, 1.165) is 16.9 Å². The van der Waals surface area contributed by atoms with Gasteiger partial charge in [0.05, 0.1) is 7.11 Å². The minimum atomic E-state index is -0.826. The van der Waals surface area contributed by atoms with Crippen LogP contribution < -0.4 is 14.8 Å². The molecule has 0 fully saturated rings. The molecular weight excluding hydrogens is 444 g/mol. The van der Waals surface area contributed by atoms with Crippen LogP contribution in [0, 0.1) is 0 Å². The van der Waals surface area contributed by atoms with Crippen molar-refractivity contribution in [2.45, 2.75) is 19.0 Å². The summed E-state index contributed by atoms with van der Waals surface area (Å²) in [7, 11) is 3.22. The van der Waals surface area contributed by atoms with Gasteiger partial charge in [-0.1, -0.05) is 60.7 Å². The van der Waals surface area contributed by atoms with Gasteiger partial charge in [-0.05, 0) is 41.8 Å². The molecule has 184 valence electrons. The zero-order valence-corrected chi connectivity index (χ0v) is 20.2. The molecule has 1 atom stereocenters. The summed E-state index contributed by atoms with van der Waals surface area (Å²) in [6, 6.07) is 25.1. The summed E-state index contributed by atoms with van der Waals surface area (Å²) in [6.07, 6.45) is 0.674.